The molecule has 0 amide bonds. The van der Waals surface area contributed by atoms with Crippen molar-refractivity contribution in [2.45, 2.75) is 6.92 Å². The SMILES string of the molecule is Cc1cc(-c2[nH]nc(N)c2-c2cccc(F)c2)ccn1. The van der Waals surface area contributed by atoms with E-state index >= 15 is 0 Å². The van der Waals surface area contributed by atoms with Gasteiger partial charge in [0.2, 0.25) is 0 Å². The number of nitrogen functional groups attached to an aromatic ring is 1. The Kier molecular flexibility index (Phi) is 2.95. The maximum Gasteiger partial charge on any atom is 0.153 e. The summed E-state index contributed by atoms with van der Waals surface area (Å²) in [5.41, 5.74) is 9.89. The molecule has 3 N–H and O–H groups in total. The van der Waals surface area contributed by atoms with Crippen molar-refractivity contribution in [3.05, 3.63) is 54.1 Å². The predicted molar refractivity (Wildman–Crippen MR) is 76.4 cm³/mol. The molecule has 0 fully saturated rings. The average Bonchev–Trinajstić information content (AvgIpc) is 2.80. The molecule has 0 bridgehead atoms. The van der Waals surface area contributed by atoms with Crippen LogP contribution in [0, 0.1) is 12.7 Å². The van der Waals surface area contributed by atoms with E-state index in [2.05, 4.69) is 15.2 Å². The Hall–Kier alpha value is -2.69. The van der Waals surface area contributed by atoms with Gasteiger partial charge in [-0.05, 0) is 36.8 Å². The van der Waals surface area contributed by atoms with Gasteiger partial charge in [0.1, 0.15) is 5.82 Å². The molecule has 0 saturated carbocycles. The molecular formula is C15H13FN4. The third-order valence-corrected chi connectivity index (χ3v) is 3.09. The van der Waals surface area contributed by atoms with Crippen LogP contribution in [0.5, 0.6) is 0 Å². The van der Waals surface area contributed by atoms with E-state index in [1.54, 1.807) is 12.3 Å². The van der Waals surface area contributed by atoms with Gasteiger partial charge in [-0.15, -0.1) is 0 Å². The van der Waals surface area contributed by atoms with Crippen LogP contribution in [0.2, 0.25) is 0 Å². The summed E-state index contributed by atoms with van der Waals surface area (Å²) in [6.07, 6.45) is 1.72. The number of hydrogen-bond donors (Lipinski definition) is 2. The Balaban J connectivity index is 2.20. The van der Waals surface area contributed by atoms with Crippen molar-refractivity contribution in [1.82, 2.24) is 15.2 Å². The summed E-state index contributed by atoms with van der Waals surface area (Å²) >= 11 is 0. The van der Waals surface area contributed by atoms with Crippen LogP contribution in [0.3, 0.4) is 0 Å². The molecule has 5 heteroatoms. The van der Waals surface area contributed by atoms with Crippen LogP contribution in [0.15, 0.2) is 42.6 Å². The monoisotopic (exact) mass is 268 g/mol. The first-order valence-corrected chi connectivity index (χ1v) is 6.18. The second-order valence-electron chi connectivity index (χ2n) is 4.56. The average molecular weight is 268 g/mol. The maximum absolute atomic E-state index is 13.4. The van der Waals surface area contributed by atoms with Gasteiger partial charge in [0, 0.05) is 17.5 Å². The van der Waals surface area contributed by atoms with Crippen LogP contribution in [-0.4, -0.2) is 15.2 Å². The Morgan fingerprint density at radius 2 is 2.00 bits per heavy atom. The fraction of sp³-hybridized carbons (Fsp3) is 0.0667. The van der Waals surface area contributed by atoms with Gasteiger partial charge >= 0.3 is 0 Å². The van der Waals surface area contributed by atoms with Crippen LogP contribution in [0.25, 0.3) is 22.4 Å². The fourth-order valence-corrected chi connectivity index (χ4v) is 2.20. The van der Waals surface area contributed by atoms with Crippen molar-refractivity contribution in [3.8, 4) is 22.4 Å². The Labute approximate surface area is 115 Å². The maximum atomic E-state index is 13.4. The van der Waals surface area contributed by atoms with Gasteiger partial charge in [-0.1, -0.05) is 12.1 Å². The van der Waals surface area contributed by atoms with Crippen LogP contribution >= 0.6 is 0 Å². The molecule has 3 aromatic rings. The molecule has 3 rings (SSSR count). The first kappa shape index (κ1) is 12.3. The number of rotatable bonds is 2. The summed E-state index contributed by atoms with van der Waals surface area (Å²) < 4.78 is 13.4. The molecule has 0 atom stereocenters. The molecule has 2 aromatic heterocycles. The number of nitrogens with one attached hydrogen (secondary N) is 1. The smallest absolute Gasteiger partial charge is 0.153 e. The Morgan fingerprint density at radius 1 is 1.15 bits per heavy atom. The van der Waals surface area contributed by atoms with Crippen LogP contribution in [0.1, 0.15) is 5.69 Å². The molecule has 0 saturated heterocycles. The summed E-state index contributed by atoms with van der Waals surface area (Å²) in [5, 5.41) is 6.95. The lowest BCUT2D eigenvalue weighted by Gasteiger charge is -2.05. The molecule has 0 radical (unpaired) electrons. The summed E-state index contributed by atoms with van der Waals surface area (Å²) in [6, 6.07) is 10.1. The second-order valence-corrected chi connectivity index (χ2v) is 4.56. The normalized spacial score (nSPS) is 10.7. The topological polar surface area (TPSA) is 67.6 Å². The number of hydrogen-bond acceptors (Lipinski definition) is 3. The van der Waals surface area contributed by atoms with Gasteiger partial charge in [0.25, 0.3) is 0 Å². The van der Waals surface area contributed by atoms with E-state index < -0.39 is 0 Å². The largest absolute Gasteiger partial charge is 0.382 e. The highest BCUT2D eigenvalue weighted by molar-refractivity contribution is 5.87. The Bertz CT molecular complexity index is 764. The van der Waals surface area contributed by atoms with Gasteiger partial charge < -0.3 is 5.73 Å². The number of nitrogens with two attached hydrogens (primary N) is 1. The molecule has 0 aliphatic carbocycles. The van der Waals surface area contributed by atoms with Gasteiger partial charge in [-0.2, -0.15) is 5.10 Å². The van der Waals surface area contributed by atoms with Gasteiger partial charge in [-0.25, -0.2) is 4.39 Å². The van der Waals surface area contributed by atoms with E-state index in [0.29, 0.717) is 16.9 Å². The van der Waals surface area contributed by atoms with Crippen molar-refractivity contribution in [2.75, 3.05) is 5.73 Å². The summed E-state index contributed by atoms with van der Waals surface area (Å²) in [5.74, 6) is 0.0417. The first-order valence-electron chi connectivity index (χ1n) is 6.18. The van der Waals surface area contributed by atoms with Crippen LogP contribution in [-0.2, 0) is 0 Å². The summed E-state index contributed by atoms with van der Waals surface area (Å²) in [4.78, 5) is 4.16. The van der Waals surface area contributed by atoms with Crippen LogP contribution in [0.4, 0.5) is 10.2 Å². The van der Waals surface area contributed by atoms with Gasteiger partial charge in [-0.3, -0.25) is 10.1 Å². The van der Waals surface area contributed by atoms with E-state index in [0.717, 1.165) is 17.0 Å². The van der Waals surface area contributed by atoms with Crippen LogP contribution < -0.4 is 5.73 Å². The van der Waals surface area contributed by atoms with Crippen molar-refractivity contribution in [2.24, 2.45) is 0 Å². The lowest BCUT2D eigenvalue weighted by molar-refractivity contribution is 0.628. The number of H-pyrrole nitrogens is 1. The molecule has 4 nitrogen and oxygen atoms in total. The summed E-state index contributed by atoms with van der Waals surface area (Å²) in [7, 11) is 0. The highest BCUT2D eigenvalue weighted by atomic mass is 19.1. The number of benzene rings is 1. The lowest BCUT2D eigenvalue weighted by Crippen LogP contribution is -1.90. The minimum atomic E-state index is -0.306. The van der Waals surface area contributed by atoms with E-state index in [-0.39, 0.29) is 5.82 Å². The minimum Gasteiger partial charge on any atom is -0.382 e. The fourth-order valence-electron chi connectivity index (χ4n) is 2.20. The zero-order chi connectivity index (χ0) is 14.1. The van der Waals surface area contributed by atoms with E-state index in [4.69, 9.17) is 5.73 Å². The number of pyridine rings is 1. The van der Waals surface area contributed by atoms with Crippen molar-refractivity contribution >= 4 is 5.82 Å². The second kappa shape index (κ2) is 4.77. The third kappa shape index (κ3) is 2.14. The molecule has 2 heterocycles. The molecule has 1 aromatic carbocycles. The van der Waals surface area contributed by atoms with E-state index in [9.17, 15) is 4.39 Å². The van der Waals surface area contributed by atoms with Gasteiger partial charge in [0.15, 0.2) is 5.82 Å². The molecule has 0 aliphatic rings. The molecule has 20 heavy (non-hydrogen) atoms. The zero-order valence-corrected chi connectivity index (χ0v) is 10.9. The number of aromatic amines is 1. The minimum absolute atomic E-state index is 0.306. The highest BCUT2D eigenvalue weighted by Gasteiger charge is 2.15. The third-order valence-electron chi connectivity index (χ3n) is 3.09. The highest BCUT2D eigenvalue weighted by Crippen LogP contribution is 2.34. The Morgan fingerprint density at radius 3 is 2.75 bits per heavy atom. The predicted octanol–water partition coefficient (Wildman–Crippen LogP) is 3.17. The number of anilines is 1. The first-order chi connectivity index (χ1) is 9.65. The molecular weight excluding hydrogens is 255 g/mol. The standard InChI is InChI=1S/C15H13FN4/c1-9-7-11(5-6-18-9)14-13(15(17)20-19-14)10-3-2-4-12(16)8-10/h2-8H,1H3,(H3,17,19,20). The number of halogens is 1. The van der Waals surface area contributed by atoms with E-state index in [1.165, 1.54) is 12.1 Å². The van der Waals surface area contributed by atoms with Crippen molar-refractivity contribution in [1.29, 1.82) is 0 Å². The quantitative estimate of drug-likeness (QED) is 0.750. The summed E-state index contributed by atoms with van der Waals surface area (Å²) in [6.45, 7) is 1.91. The van der Waals surface area contributed by atoms with Crippen molar-refractivity contribution in [3.63, 3.8) is 0 Å². The molecule has 0 unspecified atom stereocenters. The van der Waals surface area contributed by atoms with Gasteiger partial charge in [0.05, 0.1) is 11.3 Å². The van der Waals surface area contributed by atoms with Crippen molar-refractivity contribution < 1.29 is 4.39 Å². The van der Waals surface area contributed by atoms with E-state index in [1.807, 2.05) is 25.1 Å². The molecule has 0 spiro atoms. The molecule has 100 valence electrons. The zero-order valence-electron chi connectivity index (χ0n) is 10.9. The number of aryl methyl sites for hydroxylation is 1. The number of aromatic nitrogens is 3. The lowest BCUT2D eigenvalue weighted by atomic mass is 10.0. The molecule has 0 aliphatic heterocycles. The number of nitrogens with zero attached hydrogens (tertiary/aromatic N) is 2.